The maximum atomic E-state index is 13.7. The summed E-state index contributed by atoms with van der Waals surface area (Å²) in [6.07, 6.45) is 5.63. The van der Waals surface area contributed by atoms with Crippen molar-refractivity contribution in [1.29, 1.82) is 0 Å². The zero-order valence-electron chi connectivity index (χ0n) is 10.2. The molecule has 0 radical (unpaired) electrons. The number of hydrogen-bond donors (Lipinski definition) is 0. The highest BCUT2D eigenvalue weighted by Gasteiger charge is 2.56. The van der Waals surface area contributed by atoms with Gasteiger partial charge in [0.2, 0.25) is 0 Å². The molecule has 1 aromatic rings. The van der Waals surface area contributed by atoms with Gasteiger partial charge in [-0.2, -0.15) is 13.2 Å². The van der Waals surface area contributed by atoms with E-state index in [1.165, 1.54) is 0 Å². The fraction of sp³-hybridized carbons (Fsp3) is 0.429. The molecule has 1 heterocycles. The molecule has 104 valence electrons. The second kappa shape index (κ2) is 4.55. The predicted molar refractivity (Wildman–Crippen MR) is 77.2 cm³/mol. The van der Waals surface area contributed by atoms with Gasteiger partial charge >= 0.3 is 5.51 Å². The minimum atomic E-state index is -4.23. The van der Waals surface area contributed by atoms with Crippen LogP contribution >= 0.6 is 23.3 Å². The molecule has 0 N–H and O–H groups in total. The van der Waals surface area contributed by atoms with Gasteiger partial charge < -0.3 is 0 Å². The number of halogens is 4. The van der Waals surface area contributed by atoms with E-state index in [0.717, 1.165) is 31.2 Å². The van der Waals surface area contributed by atoms with E-state index >= 15 is 0 Å². The second-order valence-electron chi connectivity index (χ2n) is 5.05. The van der Waals surface area contributed by atoms with E-state index in [0.29, 0.717) is 9.80 Å². The number of fused-ring (bicyclic) bond motifs is 1. The summed E-state index contributed by atoms with van der Waals surface area (Å²) in [7, 11) is -3.03. The Balaban J connectivity index is 2.14. The van der Waals surface area contributed by atoms with Crippen molar-refractivity contribution in [2.45, 2.75) is 36.1 Å². The van der Waals surface area contributed by atoms with E-state index in [1.54, 1.807) is 30.3 Å². The van der Waals surface area contributed by atoms with Gasteiger partial charge in [0.05, 0.1) is 0 Å². The molecule has 2 aliphatic rings. The summed E-state index contributed by atoms with van der Waals surface area (Å²) >= 11 is 3.13. The average molecular weight is 351 g/mol. The Morgan fingerprint density at radius 1 is 1.11 bits per heavy atom. The first-order chi connectivity index (χ1) is 8.94. The third-order valence-electron chi connectivity index (χ3n) is 3.92. The zero-order valence-corrected chi connectivity index (χ0v) is 12.6. The summed E-state index contributed by atoms with van der Waals surface area (Å²) in [5.74, 6) is 0.0865. The summed E-state index contributed by atoms with van der Waals surface area (Å²) in [6.45, 7) is 0. The van der Waals surface area contributed by atoms with Crippen molar-refractivity contribution in [3.05, 3.63) is 34.7 Å². The zero-order chi connectivity index (χ0) is 13.7. The largest absolute Gasteiger partial charge is 0.442 e. The normalized spacial score (nSPS) is 30.8. The van der Waals surface area contributed by atoms with E-state index in [1.807, 2.05) is 0 Å². The SMILES string of the molecule is FC(F)(F)S1(Br)C(C2CCCC2)=Cc2ccccc21. The molecule has 0 saturated heterocycles. The molecule has 0 spiro atoms. The molecule has 3 rings (SSSR count). The highest BCUT2D eigenvalue weighted by molar-refractivity contribution is 9.59. The van der Waals surface area contributed by atoms with Gasteiger partial charge in [-0.05, 0) is 64.6 Å². The van der Waals surface area contributed by atoms with Crippen LogP contribution in [0.3, 0.4) is 0 Å². The quantitative estimate of drug-likeness (QED) is 0.563. The minimum absolute atomic E-state index is 0.0865. The molecule has 0 amide bonds. The van der Waals surface area contributed by atoms with Crippen LogP contribution in [0.1, 0.15) is 31.2 Å². The minimum Gasteiger partial charge on any atom is -0.160 e. The summed E-state index contributed by atoms with van der Waals surface area (Å²) in [4.78, 5) is 1.00. The Labute approximate surface area is 119 Å². The van der Waals surface area contributed by atoms with Crippen LogP contribution in [0.4, 0.5) is 13.2 Å². The molecular formula is C14H14BrF3S. The van der Waals surface area contributed by atoms with Crippen molar-refractivity contribution in [2.24, 2.45) is 5.92 Å². The summed E-state index contributed by atoms with van der Waals surface area (Å²) in [5, 5.41) is 0. The number of rotatable bonds is 1. The number of hydrogen-bond acceptors (Lipinski definition) is 0. The second-order valence-corrected chi connectivity index (χ2v) is 10.4. The molecule has 1 aromatic carbocycles. The number of allylic oxidation sites excluding steroid dienone is 1. The van der Waals surface area contributed by atoms with Crippen LogP contribution in [0, 0.1) is 5.92 Å². The Hall–Kier alpha value is -0.420. The maximum Gasteiger partial charge on any atom is 0.442 e. The molecule has 0 nitrogen and oxygen atoms in total. The van der Waals surface area contributed by atoms with Gasteiger partial charge in [0, 0.05) is 4.90 Å². The van der Waals surface area contributed by atoms with Crippen LogP contribution in [0.25, 0.3) is 6.08 Å². The van der Waals surface area contributed by atoms with Crippen LogP contribution in [0.15, 0.2) is 34.1 Å². The molecule has 1 aliphatic carbocycles. The molecule has 1 saturated carbocycles. The van der Waals surface area contributed by atoms with Crippen molar-refractivity contribution < 1.29 is 13.2 Å². The van der Waals surface area contributed by atoms with Gasteiger partial charge in [-0.15, -0.1) is 0 Å². The Morgan fingerprint density at radius 3 is 2.37 bits per heavy atom. The third-order valence-corrected chi connectivity index (χ3v) is 9.91. The standard InChI is InChI=1S/C14H14BrF3S/c15-19(14(16,17)18)12-8-4-3-7-11(12)9-13(19)10-5-1-2-6-10/h3-4,7-10H,1-2,5-6H2. The fourth-order valence-electron chi connectivity index (χ4n) is 3.03. The van der Waals surface area contributed by atoms with Crippen molar-refractivity contribution in [3.8, 4) is 0 Å². The molecule has 1 unspecified atom stereocenters. The molecule has 0 aromatic heterocycles. The first-order valence-electron chi connectivity index (χ1n) is 6.34. The maximum absolute atomic E-state index is 13.7. The van der Waals surface area contributed by atoms with E-state index in [2.05, 4.69) is 14.8 Å². The number of alkyl halides is 3. The van der Waals surface area contributed by atoms with Gasteiger partial charge in [0.1, 0.15) is 0 Å². The Bertz CT molecular complexity index is 532. The van der Waals surface area contributed by atoms with Crippen LogP contribution in [-0.4, -0.2) is 5.51 Å². The molecule has 19 heavy (non-hydrogen) atoms. The van der Waals surface area contributed by atoms with Crippen LogP contribution in [-0.2, 0) is 0 Å². The highest BCUT2D eigenvalue weighted by Crippen LogP contribution is 2.82. The molecular weight excluding hydrogens is 337 g/mol. The summed E-state index contributed by atoms with van der Waals surface area (Å²) in [5.41, 5.74) is -3.50. The van der Waals surface area contributed by atoms with Crippen molar-refractivity contribution in [1.82, 2.24) is 0 Å². The van der Waals surface area contributed by atoms with E-state index < -0.39 is 14.0 Å². The van der Waals surface area contributed by atoms with Crippen molar-refractivity contribution in [3.63, 3.8) is 0 Å². The molecule has 1 fully saturated rings. The van der Waals surface area contributed by atoms with E-state index in [9.17, 15) is 13.2 Å². The Morgan fingerprint density at radius 2 is 1.74 bits per heavy atom. The lowest BCUT2D eigenvalue weighted by Crippen LogP contribution is -2.18. The van der Waals surface area contributed by atoms with Crippen molar-refractivity contribution in [2.75, 3.05) is 0 Å². The fourth-order valence-corrected chi connectivity index (χ4v) is 7.46. The third kappa shape index (κ3) is 1.97. The molecule has 1 atom stereocenters. The predicted octanol–water partition coefficient (Wildman–Crippen LogP) is 6.22. The Kier molecular flexibility index (Phi) is 3.25. The average Bonchev–Trinajstić information content (AvgIpc) is 2.95. The van der Waals surface area contributed by atoms with Gasteiger partial charge in [-0.1, -0.05) is 31.0 Å². The van der Waals surface area contributed by atoms with Crippen LogP contribution < -0.4 is 0 Å². The van der Waals surface area contributed by atoms with Crippen LogP contribution in [0.5, 0.6) is 0 Å². The van der Waals surface area contributed by atoms with Crippen LogP contribution in [0.2, 0.25) is 0 Å². The topological polar surface area (TPSA) is 0 Å². The lowest BCUT2D eigenvalue weighted by atomic mass is 10.1. The van der Waals surface area contributed by atoms with Gasteiger partial charge in [-0.3, -0.25) is 0 Å². The molecule has 5 heteroatoms. The van der Waals surface area contributed by atoms with Gasteiger partial charge in [0.15, 0.2) is 0 Å². The summed E-state index contributed by atoms with van der Waals surface area (Å²) in [6, 6.07) is 6.90. The van der Waals surface area contributed by atoms with E-state index in [4.69, 9.17) is 0 Å². The van der Waals surface area contributed by atoms with Gasteiger partial charge in [-0.25, -0.2) is 0 Å². The number of benzene rings is 1. The van der Waals surface area contributed by atoms with E-state index in [-0.39, 0.29) is 5.92 Å². The molecule has 1 aliphatic heterocycles. The highest BCUT2D eigenvalue weighted by atomic mass is 79.9. The van der Waals surface area contributed by atoms with Crippen molar-refractivity contribution >= 4 is 29.4 Å². The molecule has 0 bridgehead atoms. The smallest absolute Gasteiger partial charge is 0.160 e. The lowest BCUT2D eigenvalue weighted by Gasteiger charge is -2.37. The first kappa shape index (κ1) is 13.6. The monoisotopic (exact) mass is 350 g/mol. The first-order valence-corrected chi connectivity index (χ1v) is 9.82. The van der Waals surface area contributed by atoms with Gasteiger partial charge in [0.25, 0.3) is 0 Å². The lowest BCUT2D eigenvalue weighted by molar-refractivity contribution is -0.0356. The summed E-state index contributed by atoms with van der Waals surface area (Å²) < 4.78 is 41.0.